The van der Waals surface area contributed by atoms with Gasteiger partial charge in [0.2, 0.25) is 10.0 Å². The molecule has 0 unspecified atom stereocenters. The first kappa shape index (κ1) is 22.4. The van der Waals surface area contributed by atoms with Crippen molar-refractivity contribution in [3.8, 4) is 11.3 Å². The Kier molecular flexibility index (Phi) is 6.08. The number of rotatable bonds is 6. The summed E-state index contributed by atoms with van der Waals surface area (Å²) in [4.78, 5) is 12.0. The molecule has 4 aromatic rings. The van der Waals surface area contributed by atoms with Crippen LogP contribution in [-0.2, 0) is 10.0 Å². The Labute approximate surface area is 192 Å². The van der Waals surface area contributed by atoms with Crippen LogP contribution in [0.4, 0.5) is 11.5 Å². The number of hydrogen-bond acceptors (Lipinski definition) is 6. The molecule has 1 heterocycles. The van der Waals surface area contributed by atoms with Crippen LogP contribution in [0.5, 0.6) is 0 Å². The number of carbonyl (C=O) groups excluding carboxylic acids is 1. The first-order chi connectivity index (χ1) is 15.8. The second-order valence-corrected chi connectivity index (χ2v) is 9.27. The number of sulfonamides is 1. The first-order valence-electron chi connectivity index (χ1n) is 10.2. The number of anilines is 2. The molecule has 0 spiro atoms. The number of fused-ring (bicyclic) bond motifs is 1. The molecule has 33 heavy (non-hydrogen) atoms. The van der Waals surface area contributed by atoms with Gasteiger partial charge in [0, 0.05) is 34.6 Å². The summed E-state index contributed by atoms with van der Waals surface area (Å²) in [6.45, 7) is 1.75. The summed E-state index contributed by atoms with van der Waals surface area (Å²) in [5.74, 6) is 0.395. The van der Waals surface area contributed by atoms with Crippen LogP contribution in [0.25, 0.3) is 22.0 Å². The quantitative estimate of drug-likeness (QED) is 0.404. The molecule has 3 aromatic carbocycles. The lowest BCUT2D eigenvalue weighted by molar-refractivity contribution is 0.0963. The molecular weight excluding hydrogens is 438 g/mol. The molecule has 9 heteroatoms. The molecule has 0 aliphatic carbocycles. The lowest BCUT2D eigenvalue weighted by Crippen LogP contribution is -2.19. The molecule has 1 amide bonds. The average molecular weight is 462 g/mol. The highest BCUT2D eigenvalue weighted by Gasteiger charge is 2.18. The van der Waals surface area contributed by atoms with Crippen molar-refractivity contribution in [2.45, 2.75) is 11.8 Å². The van der Waals surface area contributed by atoms with Gasteiger partial charge in [0.1, 0.15) is 5.69 Å². The molecule has 1 aromatic heterocycles. The van der Waals surface area contributed by atoms with Crippen molar-refractivity contribution in [2.75, 3.05) is 19.4 Å². The van der Waals surface area contributed by atoms with E-state index in [2.05, 4.69) is 25.6 Å². The first-order valence-corrected chi connectivity index (χ1v) is 11.7. The summed E-state index contributed by atoms with van der Waals surface area (Å²) in [5.41, 5.74) is 3.19. The fourth-order valence-electron chi connectivity index (χ4n) is 3.54. The van der Waals surface area contributed by atoms with E-state index in [4.69, 9.17) is 0 Å². The van der Waals surface area contributed by atoms with Crippen LogP contribution in [0, 0.1) is 6.92 Å². The number of aryl methyl sites for hydroxylation is 1. The molecule has 0 fully saturated rings. The number of nitrogens with one attached hydrogen (secondary N) is 3. The molecule has 0 bridgehead atoms. The minimum Gasteiger partial charge on any atom is -0.355 e. The second-order valence-electron chi connectivity index (χ2n) is 7.41. The van der Waals surface area contributed by atoms with E-state index in [0.29, 0.717) is 28.2 Å². The van der Waals surface area contributed by atoms with Crippen LogP contribution in [0.3, 0.4) is 0 Å². The van der Waals surface area contributed by atoms with Crippen molar-refractivity contribution < 1.29 is 13.2 Å². The van der Waals surface area contributed by atoms with Gasteiger partial charge in [-0.15, -0.1) is 10.2 Å². The van der Waals surface area contributed by atoms with Crippen molar-refractivity contribution in [1.29, 1.82) is 0 Å². The molecule has 0 aliphatic heterocycles. The minimum atomic E-state index is -3.61. The molecule has 8 nitrogen and oxygen atoms in total. The van der Waals surface area contributed by atoms with Crippen molar-refractivity contribution in [3.63, 3.8) is 0 Å². The van der Waals surface area contributed by atoms with Gasteiger partial charge in [-0.1, -0.05) is 36.4 Å². The zero-order chi connectivity index (χ0) is 23.6. The van der Waals surface area contributed by atoms with Crippen LogP contribution < -0.4 is 15.4 Å². The third-order valence-electron chi connectivity index (χ3n) is 5.34. The summed E-state index contributed by atoms with van der Waals surface area (Å²) in [6.07, 6.45) is 0. The normalized spacial score (nSPS) is 11.4. The van der Waals surface area contributed by atoms with Gasteiger partial charge in [0.15, 0.2) is 5.82 Å². The number of nitrogens with zero attached hydrogens (tertiary/aromatic N) is 2. The molecule has 0 saturated heterocycles. The van der Waals surface area contributed by atoms with Crippen molar-refractivity contribution in [2.24, 2.45) is 0 Å². The van der Waals surface area contributed by atoms with E-state index in [0.717, 1.165) is 16.5 Å². The van der Waals surface area contributed by atoms with Gasteiger partial charge in [-0.05, 0) is 49.9 Å². The Morgan fingerprint density at radius 1 is 0.879 bits per heavy atom. The number of carbonyl (C=O) groups is 1. The van der Waals surface area contributed by atoms with Crippen LogP contribution in [0.2, 0.25) is 0 Å². The van der Waals surface area contributed by atoms with Gasteiger partial charge in [-0.3, -0.25) is 4.79 Å². The highest BCUT2D eigenvalue weighted by molar-refractivity contribution is 7.89. The van der Waals surface area contributed by atoms with Crippen LogP contribution in [0.1, 0.15) is 15.9 Å². The SMILES string of the molecule is CNC(=O)c1ccc(Nc2nnc(-c3ccc(C)c(S(=O)(=O)NC)c3)c3ccccc23)cc1. The van der Waals surface area contributed by atoms with Crippen molar-refractivity contribution in [3.05, 3.63) is 77.9 Å². The number of aromatic nitrogens is 2. The average Bonchev–Trinajstić information content (AvgIpc) is 2.84. The summed E-state index contributed by atoms with van der Waals surface area (Å²) >= 11 is 0. The van der Waals surface area contributed by atoms with Gasteiger partial charge >= 0.3 is 0 Å². The second kappa shape index (κ2) is 8.97. The third kappa shape index (κ3) is 4.41. The Morgan fingerprint density at radius 2 is 1.58 bits per heavy atom. The van der Waals surface area contributed by atoms with E-state index in [1.807, 2.05) is 30.3 Å². The number of amides is 1. The lowest BCUT2D eigenvalue weighted by atomic mass is 10.0. The zero-order valence-corrected chi connectivity index (χ0v) is 19.2. The predicted octanol–water partition coefficient (Wildman–Crippen LogP) is 3.62. The summed E-state index contributed by atoms with van der Waals surface area (Å²) < 4.78 is 27.2. The zero-order valence-electron chi connectivity index (χ0n) is 18.4. The van der Waals surface area contributed by atoms with Crippen molar-refractivity contribution >= 4 is 38.2 Å². The smallest absolute Gasteiger partial charge is 0.251 e. The topological polar surface area (TPSA) is 113 Å². The maximum Gasteiger partial charge on any atom is 0.251 e. The monoisotopic (exact) mass is 461 g/mol. The molecule has 0 saturated carbocycles. The largest absolute Gasteiger partial charge is 0.355 e. The van der Waals surface area contributed by atoms with E-state index in [1.165, 1.54) is 7.05 Å². The highest BCUT2D eigenvalue weighted by Crippen LogP contribution is 2.32. The van der Waals surface area contributed by atoms with Gasteiger partial charge in [-0.2, -0.15) is 0 Å². The molecule has 3 N–H and O–H groups in total. The van der Waals surface area contributed by atoms with Gasteiger partial charge in [0.05, 0.1) is 4.90 Å². The number of hydrogen-bond donors (Lipinski definition) is 3. The summed E-state index contributed by atoms with van der Waals surface area (Å²) in [5, 5.41) is 16.3. The third-order valence-corrected chi connectivity index (χ3v) is 6.90. The van der Waals surface area contributed by atoms with E-state index in [9.17, 15) is 13.2 Å². The molecular formula is C24H23N5O3S. The Morgan fingerprint density at radius 3 is 2.24 bits per heavy atom. The number of benzene rings is 3. The fraction of sp³-hybridized carbons (Fsp3) is 0.125. The van der Waals surface area contributed by atoms with Crippen LogP contribution in [0.15, 0.2) is 71.6 Å². The van der Waals surface area contributed by atoms with E-state index in [1.54, 1.807) is 50.4 Å². The minimum absolute atomic E-state index is 0.158. The Hall–Kier alpha value is -3.82. The maximum atomic E-state index is 12.4. The summed E-state index contributed by atoms with van der Waals surface area (Å²) in [7, 11) is -0.639. The standard InChI is InChI=1S/C24H23N5O3S/c1-15-8-9-17(14-21(15)33(31,32)26-3)22-19-6-4-5-7-20(19)23(29-28-22)27-18-12-10-16(11-13-18)24(30)25-2/h4-14,26H,1-3H3,(H,25,30)(H,27,29). The Bertz CT molecular complexity index is 1450. The Balaban J connectivity index is 1.77. The van der Waals surface area contributed by atoms with Crippen molar-refractivity contribution in [1.82, 2.24) is 20.2 Å². The van der Waals surface area contributed by atoms with Crippen LogP contribution >= 0.6 is 0 Å². The molecule has 0 aliphatic rings. The molecule has 168 valence electrons. The van der Waals surface area contributed by atoms with E-state index >= 15 is 0 Å². The molecule has 0 atom stereocenters. The molecule has 4 rings (SSSR count). The summed E-state index contributed by atoms with van der Waals surface area (Å²) in [6, 6.07) is 19.9. The predicted molar refractivity (Wildman–Crippen MR) is 129 cm³/mol. The van der Waals surface area contributed by atoms with Gasteiger partial charge < -0.3 is 10.6 Å². The van der Waals surface area contributed by atoms with E-state index < -0.39 is 10.0 Å². The fourth-order valence-corrected chi connectivity index (χ4v) is 4.54. The van der Waals surface area contributed by atoms with Gasteiger partial charge in [0.25, 0.3) is 5.91 Å². The van der Waals surface area contributed by atoms with Gasteiger partial charge in [-0.25, -0.2) is 13.1 Å². The van der Waals surface area contributed by atoms with Crippen LogP contribution in [-0.4, -0.2) is 38.6 Å². The van der Waals surface area contributed by atoms with E-state index in [-0.39, 0.29) is 10.8 Å². The highest BCUT2D eigenvalue weighted by atomic mass is 32.2. The molecule has 0 radical (unpaired) electrons. The maximum absolute atomic E-state index is 12.4. The lowest BCUT2D eigenvalue weighted by Gasteiger charge is -2.13.